The summed E-state index contributed by atoms with van der Waals surface area (Å²) < 4.78 is 10.5. The van der Waals surface area contributed by atoms with Gasteiger partial charge in [-0.15, -0.1) is 0 Å². The highest BCUT2D eigenvalue weighted by molar-refractivity contribution is 5.77. The van der Waals surface area contributed by atoms with Gasteiger partial charge in [0.25, 0.3) is 0 Å². The first-order chi connectivity index (χ1) is 13.7. The second kappa shape index (κ2) is 10.3. The van der Waals surface area contributed by atoms with E-state index in [-0.39, 0.29) is 22.8 Å². The molecule has 4 aliphatic carbocycles. The quantitative estimate of drug-likeness (QED) is 0.451. The van der Waals surface area contributed by atoms with Crippen LogP contribution in [0, 0.1) is 34.5 Å². The Bertz CT molecular complexity index is 537. The smallest absolute Gasteiger partial charge is 0.312 e. The largest absolute Gasteiger partial charge is 0.465 e. The molecule has 0 N–H and O–H groups in total. The number of ether oxygens (including phenoxy) is 2. The third kappa shape index (κ3) is 5.76. The molecule has 4 rings (SSSR count). The Balaban J connectivity index is 0.000000223. The molecule has 4 saturated carbocycles. The molecule has 0 aromatic rings. The van der Waals surface area contributed by atoms with Crippen molar-refractivity contribution < 1.29 is 19.1 Å². The highest BCUT2D eigenvalue weighted by Crippen LogP contribution is 2.62. The van der Waals surface area contributed by atoms with E-state index in [4.69, 9.17) is 9.47 Å². The zero-order chi connectivity index (χ0) is 21.7. The zero-order valence-electron chi connectivity index (χ0n) is 19.7. The van der Waals surface area contributed by atoms with Gasteiger partial charge in [-0.3, -0.25) is 9.59 Å². The first-order valence-electron chi connectivity index (χ1n) is 12.0. The van der Waals surface area contributed by atoms with E-state index in [1.54, 1.807) is 0 Å². The van der Waals surface area contributed by atoms with Gasteiger partial charge >= 0.3 is 11.9 Å². The molecule has 4 aliphatic rings. The van der Waals surface area contributed by atoms with Crippen LogP contribution < -0.4 is 0 Å². The minimum absolute atomic E-state index is 0.0637. The summed E-state index contributed by atoms with van der Waals surface area (Å²) in [4.78, 5) is 23.7. The van der Waals surface area contributed by atoms with Gasteiger partial charge in [0.1, 0.15) is 0 Å². The fourth-order valence-corrected chi connectivity index (χ4v) is 5.99. The van der Waals surface area contributed by atoms with Crippen LogP contribution in [0.3, 0.4) is 0 Å². The van der Waals surface area contributed by atoms with Crippen LogP contribution in [0.2, 0.25) is 0 Å². The van der Waals surface area contributed by atoms with E-state index in [2.05, 4.69) is 20.8 Å². The van der Waals surface area contributed by atoms with Crippen LogP contribution >= 0.6 is 0 Å². The van der Waals surface area contributed by atoms with Gasteiger partial charge in [0.15, 0.2) is 0 Å². The van der Waals surface area contributed by atoms with Crippen LogP contribution in [0.4, 0.5) is 0 Å². The fraction of sp³-hybridized carbons (Fsp3) is 0.920. The molecule has 4 fully saturated rings. The summed E-state index contributed by atoms with van der Waals surface area (Å²) in [6.45, 7) is 13.6. The monoisotopic (exact) mass is 408 g/mol. The maximum atomic E-state index is 12.3. The molecule has 4 heteroatoms. The molecule has 0 amide bonds. The van der Waals surface area contributed by atoms with E-state index < -0.39 is 0 Å². The van der Waals surface area contributed by atoms with E-state index in [1.807, 2.05) is 20.8 Å². The van der Waals surface area contributed by atoms with Crippen LogP contribution in [0.15, 0.2) is 0 Å². The van der Waals surface area contributed by atoms with Crippen LogP contribution in [-0.4, -0.2) is 25.2 Å². The Morgan fingerprint density at radius 1 is 0.897 bits per heavy atom. The van der Waals surface area contributed by atoms with Crippen molar-refractivity contribution in [3.63, 3.8) is 0 Å². The maximum absolute atomic E-state index is 12.3. The molecule has 4 nitrogen and oxygen atoms in total. The molecule has 0 spiro atoms. The topological polar surface area (TPSA) is 52.6 Å². The lowest BCUT2D eigenvalue weighted by molar-refractivity contribution is -0.176. The summed E-state index contributed by atoms with van der Waals surface area (Å²) in [5.74, 6) is 3.33. The van der Waals surface area contributed by atoms with Gasteiger partial charge in [0, 0.05) is 0 Å². The van der Waals surface area contributed by atoms with Crippen molar-refractivity contribution in [2.45, 2.75) is 99.3 Å². The summed E-state index contributed by atoms with van der Waals surface area (Å²) in [6.07, 6.45) is 9.86. The molecular weight excluding hydrogens is 364 g/mol. The second-order valence-corrected chi connectivity index (χ2v) is 10.5. The number of carbonyl (C=O) groups excluding carboxylic acids is 2. The normalized spacial score (nSPS) is 32.3. The molecule has 0 heterocycles. The first-order valence-corrected chi connectivity index (χ1v) is 12.0. The molecule has 2 atom stereocenters. The molecule has 4 bridgehead atoms. The van der Waals surface area contributed by atoms with E-state index in [0.717, 1.165) is 68.6 Å². The maximum Gasteiger partial charge on any atom is 0.312 e. The van der Waals surface area contributed by atoms with Gasteiger partial charge in [-0.25, -0.2) is 0 Å². The predicted octanol–water partition coefficient (Wildman–Crippen LogP) is 6.17. The van der Waals surface area contributed by atoms with E-state index in [1.165, 1.54) is 12.8 Å². The van der Waals surface area contributed by atoms with Gasteiger partial charge in [0.2, 0.25) is 0 Å². The van der Waals surface area contributed by atoms with Crippen LogP contribution in [0.25, 0.3) is 0 Å². The molecule has 0 aromatic heterocycles. The number of hydrogen-bond donors (Lipinski definition) is 0. The van der Waals surface area contributed by atoms with Gasteiger partial charge in [0.05, 0.1) is 24.0 Å². The van der Waals surface area contributed by atoms with Crippen molar-refractivity contribution in [3.05, 3.63) is 0 Å². The van der Waals surface area contributed by atoms with Crippen molar-refractivity contribution in [2.24, 2.45) is 34.5 Å². The van der Waals surface area contributed by atoms with E-state index >= 15 is 0 Å². The van der Waals surface area contributed by atoms with E-state index in [0.29, 0.717) is 13.2 Å². The summed E-state index contributed by atoms with van der Waals surface area (Å²) in [6, 6.07) is 0. The molecule has 0 radical (unpaired) electrons. The van der Waals surface area contributed by atoms with Gasteiger partial charge in [-0.1, -0.05) is 34.1 Å². The molecule has 0 aromatic carbocycles. The highest BCUT2D eigenvalue weighted by atomic mass is 16.5. The lowest BCUT2D eigenvalue weighted by Crippen LogP contribution is -2.53. The van der Waals surface area contributed by atoms with Gasteiger partial charge in [-0.2, -0.15) is 0 Å². The number of carbonyl (C=O) groups is 2. The Morgan fingerprint density at radius 2 is 1.45 bits per heavy atom. The van der Waals surface area contributed by atoms with Crippen molar-refractivity contribution in [3.8, 4) is 0 Å². The number of rotatable bonds is 8. The lowest BCUT2D eigenvalue weighted by Gasteiger charge is -2.58. The first kappa shape index (κ1) is 24.2. The molecule has 0 aliphatic heterocycles. The molecule has 29 heavy (non-hydrogen) atoms. The average molecular weight is 409 g/mol. The summed E-state index contributed by atoms with van der Waals surface area (Å²) in [7, 11) is 0. The average Bonchev–Trinajstić information content (AvgIpc) is 2.68. The predicted molar refractivity (Wildman–Crippen MR) is 116 cm³/mol. The van der Waals surface area contributed by atoms with Crippen molar-refractivity contribution in [2.75, 3.05) is 13.2 Å². The SMILES string of the molecule is CCCOC(=O)C(C)(C)CCC.CCCOC(=O)C12CC3CC(C1)C(C)C(C3)C2. The van der Waals surface area contributed by atoms with E-state index in [9.17, 15) is 9.59 Å². The Kier molecular flexibility index (Phi) is 8.60. The van der Waals surface area contributed by atoms with Crippen LogP contribution in [0.5, 0.6) is 0 Å². The fourth-order valence-electron chi connectivity index (χ4n) is 5.99. The Labute approximate surface area is 178 Å². The third-order valence-corrected chi connectivity index (χ3v) is 7.48. The summed E-state index contributed by atoms with van der Waals surface area (Å²) >= 11 is 0. The highest BCUT2D eigenvalue weighted by Gasteiger charge is 2.57. The van der Waals surface area contributed by atoms with Crippen molar-refractivity contribution in [1.82, 2.24) is 0 Å². The van der Waals surface area contributed by atoms with Gasteiger partial charge < -0.3 is 9.47 Å². The van der Waals surface area contributed by atoms with Gasteiger partial charge in [-0.05, 0) is 88.9 Å². The number of esters is 2. The lowest BCUT2D eigenvalue weighted by atomic mass is 9.46. The minimum Gasteiger partial charge on any atom is -0.465 e. The zero-order valence-corrected chi connectivity index (χ0v) is 19.7. The molecular formula is C25H44O4. The van der Waals surface area contributed by atoms with Crippen molar-refractivity contribution >= 4 is 11.9 Å². The summed E-state index contributed by atoms with van der Waals surface area (Å²) in [5, 5.41) is 0. The van der Waals surface area contributed by atoms with Crippen molar-refractivity contribution in [1.29, 1.82) is 0 Å². The molecule has 168 valence electrons. The van der Waals surface area contributed by atoms with Crippen LogP contribution in [-0.2, 0) is 19.1 Å². The second-order valence-electron chi connectivity index (χ2n) is 10.5. The Morgan fingerprint density at radius 3 is 1.97 bits per heavy atom. The van der Waals surface area contributed by atoms with Crippen LogP contribution in [0.1, 0.15) is 99.3 Å². The minimum atomic E-state index is -0.302. The standard InChI is InChI=1S/C15H24O2.C10H20O2/c1-3-4-17-14(16)15-7-11-5-12(8-15)10(2)13(6-11)9-15;1-5-7-10(3,4)9(11)12-8-6-2/h10-13H,3-9H2,1-2H3;5-8H2,1-4H3. The molecule has 0 saturated heterocycles. The summed E-state index contributed by atoms with van der Waals surface area (Å²) in [5.41, 5.74) is -0.373. The number of hydrogen-bond acceptors (Lipinski definition) is 4. The Hall–Kier alpha value is -1.06. The third-order valence-electron chi connectivity index (χ3n) is 7.48. The molecule has 2 unspecified atom stereocenters.